The summed E-state index contributed by atoms with van der Waals surface area (Å²) < 4.78 is 0. The van der Waals surface area contributed by atoms with Gasteiger partial charge in [0.05, 0.1) is 24.5 Å². The molecule has 1 rings (SSSR count). The molecule has 1 heterocycles. The smallest absolute Gasteiger partial charge is 0.0993 e. The predicted octanol–water partition coefficient (Wildman–Crippen LogP) is 5.36. The van der Waals surface area contributed by atoms with Gasteiger partial charge in [-0.15, -0.1) is 17.0 Å². The lowest BCUT2D eigenvalue weighted by molar-refractivity contribution is 0.0966. The van der Waals surface area contributed by atoms with Gasteiger partial charge in [0, 0.05) is 13.0 Å². The Morgan fingerprint density at radius 2 is 1.61 bits per heavy atom. The number of halogens is 1. The quantitative estimate of drug-likeness (QED) is 0.429. The number of rotatable bonds is 13. The van der Waals surface area contributed by atoms with Crippen molar-refractivity contribution in [1.29, 1.82) is 0 Å². The van der Waals surface area contributed by atoms with Gasteiger partial charge in [-0.2, -0.15) is 0 Å². The number of aliphatic hydroxyl groups excluding tert-OH is 1. The van der Waals surface area contributed by atoms with E-state index >= 15 is 0 Å². The summed E-state index contributed by atoms with van der Waals surface area (Å²) in [5.41, 5.74) is 0. The van der Waals surface area contributed by atoms with Crippen LogP contribution in [0, 0.1) is 0 Å². The molecule has 0 saturated heterocycles. The van der Waals surface area contributed by atoms with Crippen LogP contribution >= 0.6 is 17.0 Å². The Balaban J connectivity index is 0.00000484. The number of hydrogen-bond acceptors (Lipinski definition) is 3. The van der Waals surface area contributed by atoms with Crippen LogP contribution < -0.4 is 0 Å². The lowest BCUT2D eigenvalue weighted by Crippen LogP contribution is -2.44. The molecule has 1 aliphatic heterocycles. The number of unbranched alkanes of at least 4 members (excludes halogenated alkanes) is 7. The monoisotopic (exact) mass is 390 g/mol. The van der Waals surface area contributed by atoms with E-state index in [-0.39, 0.29) is 29.1 Å². The summed E-state index contributed by atoms with van der Waals surface area (Å²) in [5.74, 6) is 1.25. The molecule has 23 heavy (non-hydrogen) atoms. The fraction of sp³-hybridized carbons (Fsp3) is 0.947. The Labute approximate surface area is 154 Å². The SMILES string of the molecule is Br.CCCCCCCCCCC1=NCCN1C(CCC)C(C)O. The van der Waals surface area contributed by atoms with Crippen molar-refractivity contribution in [3.05, 3.63) is 0 Å². The molecule has 1 aliphatic rings. The fourth-order valence-corrected chi connectivity index (χ4v) is 3.46. The molecule has 0 bridgehead atoms. The highest BCUT2D eigenvalue weighted by atomic mass is 79.9. The molecule has 0 aromatic carbocycles. The van der Waals surface area contributed by atoms with Gasteiger partial charge < -0.3 is 10.0 Å². The van der Waals surface area contributed by atoms with E-state index in [4.69, 9.17) is 4.99 Å². The Kier molecular flexibility index (Phi) is 14.2. The molecular formula is C19H39BrN2O. The van der Waals surface area contributed by atoms with Crippen LogP contribution in [0.4, 0.5) is 0 Å². The van der Waals surface area contributed by atoms with Gasteiger partial charge in [-0.25, -0.2) is 0 Å². The molecule has 0 saturated carbocycles. The third-order valence-corrected chi connectivity index (χ3v) is 4.76. The van der Waals surface area contributed by atoms with Crippen molar-refractivity contribution in [1.82, 2.24) is 4.90 Å². The normalized spacial score (nSPS) is 16.9. The van der Waals surface area contributed by atoms with Crippen LogP contribution in [-0.4, -0.2) is 41.1 Å². The van der Waals surface area contributed by atoms with Gasteiger partial charge in [0.25, 0.3) is 0 Å². The topological polar surface area (TPSA) is 35.8 Å². The van der Waals surface area contributed by atoms with Crippen molar-refractivity contribution in [2.75, 3.05) is 13.1 Å². The van der Waals surface area contributed by atoms with Gasteiger partial charge >= 0.3 is 0 Å². The minimum absolute atomic E-state index is 0. The molecule has 0 fully saturated rings. The van der Waals surface area contributed by atoms with E-state index in [1.807, 2.05) is 6.92 Å². The second kappa shape index (κ2) is 14.3. The molecule has 2 unspecified atom stereocenters. The van der Waals surface area contributed by atoms with Gasteiger partial charge in [0.2, 0.25) is 0 Å². The summed E-state index contributed by atoms with van der Waals surface area (Å²) >= 11 is 0. The first-order chi connectivity index (χ1) is 10.7. The average molecular weight is 391 g/mol. The van der Waals surface area contributed by atoms with Crippen molar-refractivity contribution in [3.8, 4) is 0 Å². The molecule has 2 atom stereocenters. The number of hydrogen-bond donors (Lipinski definition) is 1. The Morgan fingerprint density at radius 3 is 2.17 bits per heavy atom. The molecule has 0 aliphatic carbocycles. The summed E-state index contributed by atoms with van der Waals surface area (Å²) in [7, 11) is 0. The average Bonchev–Trinajstić information content (AvgIpc) is 2.95. The molecule has 0 spiro atoms. The van der Waals surface area contributed by atoms with E-state index in [1.165, 1.54) is 57.2 Å². The van der Waals surface area contributed by atoms with Crippen LogP contribution in [0.2, 0.25) is 0 Å². The molecule has 138 valence electrons. The lowest BCUT2D eigenvalue weighted by Gasteiger charge is -2.32. The third-order valence-electron chi connectivity index (χ3n) is 4.76. The second-order valence-electron chi connectivity index (χ2n) is 6.81. The summed E-state index contributed by atoms with van der Waals surface area (Å²) in [5, 5.41) is 10.0. The molecule has 0 aromatic rings. The molecule has 1 N–H and O–H groups in total. The maximum absolute atomic E-state index is 10.0. The maximum atomic E-state index is 10.0. The Bertz CT molecular complexity index is 308. The molecule has 0 aromatic heterocycles. The molecule has 4 heteroatoms. The molecule has 0 radical (unpaired) electrons. The number of amidine groups is 1. The first-order valence-corrected chi connectivity index (χ1v) is 9.68. The maximum Gasteiger partial charge on any atom is 0.0993 e. The van der Waals surface area contributed by atoms with Crippen LogP contribution in [0.3, 0.4) is 0 Å². The van der Waals surface area contributed by atoms with E-state index in [0.29, 0.717) is 0 Å². The third kappa shape index (κ3) is 9.09. The summed E-state index contributed by atoms with van der Waals surface area (Å²) in [4.78, 5) is 7.08. The van der Waals surface area contributed by atoms with Crippen molar-refractivity contribution in [2.45, 2.75) is 104 Å². The summed E-state index contributed by atoms with van der Waals surface area (Å²) in [6, 6.07) is 0.264. The van der Waals surface area contributed by atoms with Crippen LogP contribution in [0.5, 0.6) is 0 Å². The van der Waals surface area contributed by atoms with Gasteiger partial charge in [-0.1, -0.05) is 65.2 Å². The van der Waals surface area contributed by atoms with Crippen LogP contribution in [-0.2, 0) is 0 Å². The highest BCUT2D eigenvalue weighted by Crippen LogP contribution is 2.19. The number of aliphatic hydroxyl groups is 1. The first-order valence-electron chi connectivity index (χ1n) is 9.68. The van der Waals surface area contributed by atoms with Crippen molar-refractivity contribution in [3.63, 3.8) is 0 Å². The largest absolute Gasteiger partial charge is 0.391 e. The Hall–Kier alpha value is -0.0900. The lowest BCUT2D eigenvalue weighted by atomic mass is 10.0. The van der Waals surface area contributed by atoms with E-state index in [1.54, 1.807) is 0 Å². The van der Waals surface area contributed by atoms with Crippen molar-refractivity contribution in [2.24, 2.45) is 4.99 Å². The zero-order valence-electron chi connectivity index (χ0n) is 15.6. The second-order valence-corrected chi connectivity index (χ2v) is 6.81. The van der Waals surface area contributed by atoms with E-state index in [9.17, 15) is 5.11 Å². The van der Waals surface area contributed by atoms with Crippen LogP contribution in [0.1, 0.15) is 91.4 Å². The minimum Gasteiger partial charge on any atom is -0.391 e. The van der Waals surface area contributed by atoms with Gasteiger partial charge in [0.1, 0.15) is 0 Å². The van der Waals surface area contributed by atoms with E-state index in [2.05, 4.69) is 18.7 Å². The van der Waals surface area contributed by atoms with Crippen LogP contribution in [0.25, 0.3) is 0 Å². The molecule has 0 amide bonds. The highest BCUT2D eigenvalue weighted by molar-refractivity contribution is 8.93. The van der Waals surface area contributed by atoms with E-state index in [0.717, 1.165) is 32.4 Å². The number of nitrogens with zero attached hydrogens (tertiary/aromatic N) is 2. The first kappa shape index (κ1) is 22.9. The zero-order chi connectivity index (χ0) is 16.2. The van der Waals surface area contributed by atoms with Gasteiger partial charge in [0.15, 0.2) is 0 Å². The summed E-state index contributed by atoms with van der Waals surface area (Å²) in [6.45, 7) is 8.31. The minimum atomic E-state index is -0.262. The predicted molar refractivity (Wildman–Crippen MR) is 107 cm³/mol. The van der Waals surface area contributed by atoms with Crippen molar-refractivity contribution >= 4 is 22.8 Å². The van der Waals surface area contributed by atoms with Gasteiger partial charge in [-0.05, 0) is 19.8 Å². The zero-order valence-corrected chi connectivity index (χ0v) is 17.3. The fourth-order valence-electron chi connectivity index (χ4n) is 3.46. The van der Waals surface area contributed by atoms with E-state index < -0.39 is 0 Å². The molecule has 3 nitrogen and oxygen atoms in total. The number of aliphatic imine (C=N–C) groups is 1. The van der Waals surface area contributed by atoms with Crippen molar-refractivity contribution < 1.29 is 5.11 Å². The Morgan fingerprint density at radius 1 is 1.00 bits per heavy atom. The summed E-state index contributed by atoms with van der Waals surface area (Å²) in [6.07, 6.45) is 13.9. The standard InChI is InChI=1S/C19H38N2O.BrH/c1-4-6-7-8-9-10-11-12-14-19-20-15-16-21(19)18(13-5-2)17(3)22;/h17-18,22H,4-16H2,1-3H3;1H. The molecular weight excluding hydrogens is 352 g/mol. The van der Waals surface area contributed by atoms with Gasteiger partial charge in [-0.3, -0.25) is 4.99 Å². The van der Waals surface area contributed by atoms with Crippen LogP contribution in [0.15, 0.2) is 4.99 Å². The highest BCUT2D eigenvalue weighted by Gasteiger charge is 2.27.